The lowest BCUT2D eigenvalue weighted by atomic mass is 10.2. The van der Waals surface area contributed by atoms with Crippen LogP contribution in [0.1, 0.15) is 25.1 Å². The van der Waals surface area contributed by atoms with E-state index in [1.54, 1.807) is 0 Å². The first-order valence-corrected chi connectivity index (χ1v) is 5.24. The van der Waals surface area contributed by atoms with Gasteiger partial charge in [0.1, 0.15) is 6.61 Å². The van der Waals surface area contributed by atoms with Crippen LogP contribution in [0.15, 0.2) is 24.3 Å². The molecule has 0 atom stereocenters. The highest BCUT2D eigenvalue weighted by molar-refractivity contribution is 5.25. The zero-order chi connectivity index (χ0) is 11.1. The summed E-state index contributed by atoms with van der Waals surface area (Å²) in [6.45, 7) is 5.11. The van der Waals surface area contributed by atoms with E-state index in [9.17, 15) is 0 Å². The average molecular weight is 206 g/mol. The predicted octanol–water partition coefficient (Wildman–Crippen LogP) is 2.06. The number of aryl methyl sites for hydroxylation is 1. The second kappa shape index (κ2) is 6.19. The maximum absolute atomic E-state index is 5.60. The van der Waals surface area contributed by atoms with Crippen molar-refractivity contribution in [3.8, 4) is 5.88 Å². The molecule has 0 unspecified atom stereocenters. The van der Waals surface area contributed by atoms with Crippen LogP contribution >= 0.6 is 0 Å². The van der Waals surface area contributed by atoms with E-state index in [-0.39, 0.29) is 0 Å². The van der Waals surface area contributed by atoms with Crippen LogP contribution in [0.4, 0.5) is 0 Å². The molecule has 82 valence electrons. The van der Waals surface area contributed by atoms with Crippen molar-refractivity contribution in [2.24, 2.45) is 5.73 Å². The van der Waals surface area contributed by atoms with Gasteiger partial charge in [0.25, 0.3) is 0 Å². The number of rotatable bonds is 5. The van der Waals surface area contributed by atoms with E-state index in [0.717, 1.165) is 17.7 Å². The number of pyridine rings is 1. The van der Waals surface area contributed by atoms with E-state index in [1.165, 1.54) is 0 Å². The second-order valence-corrected chi connectivity index (χ2v) is 3.24. The normalized spacial score (nSPS) is 10.9. The van der Waals surface area contributed by atoms with Crippen molar-refractivity contribution in [1.82, 2.24) is 4.98 Å². The van der Waals surface area contributed by atoms with Gasteiger partial charge in [-0.3, -0.25) is 0 Å². The molecule has 0 radical (unpaired) electrons. The van der Waals surface area contributed by atoms with Crippen LogP contribution in [-0.2, 0) is 13.0 Å². The fourth-order valence-corrected chi connectivity index (χ4v) is 1.22. The van der Waals surface area contributed by atoms with Crippen molar-refractivity contribution in [1.29, 1.82) is 0 Å². The fraction of sp³-hybridized carbons (Fsp3) is 0.417. The first-order chi connectivity index (χ1) is 7.30. The summed E-state index contributed by atoms with van der Waals surface area (Å²) >= 11 is 0. The van der Waals surface area contributed by atoms with Crippen molar-refractivity contribution < 1.29 is 4.74 Å². The third-order valence-corrected chi connectivity index (χ3v) is 2.08. The van der Waals surface area contributed by atoms with Crippen molar-refractivity contribution in [2.45, 2.75) is 26.8 Å². The van der Waals surface area contributed by atoms with Crippen LogP contribution in [0.5, 0.6) is 5.88 Å². The van der Waals surface area contributed by atoms with Gasteiger partial charge in [0.15, 0.2) is 0 Å². The third-order valence-electron chi connectivity index (χ3n) is 2.08. The summed E-state index contributed by atoms with van der Waals surface area (Å²) in [6.07, 6.45) is 4.80. The molecule has 0 saturated carbocycles. The molecule has 3 heteroatoms. The molecular formula is C12H18N2O. The monoisotopic (exact) mass is 206 g/mol. The van der Waals surface area contributed by atoms with Crippen molar-refractivity contribution in [3.63, 3.8) is 0 Å². The highest BCUT2D eigenvalue weighted by Crippen LogP contribution is 2.12. The standard InChI is InChI=1S/C12H18N2O/c1-3-5-6-15-12-8-10(9-13)7-11(4-2)14-12/h3,5,7-8H,4,6,9,13H2,1-2H3/b5-3+. The van der Waals surface area contributed by atoms with Crippen LogP contribution in [0.2, 0.25) is 0 Å². The summed E-state index contributed by atoms with van der Waals surface area (Å²) in [7, 11) is 0. The number of hydrogen-bond acceptors (Lipinski definition) is 3. The highest BCUT2D eigenvalue weighted by atomic mass is 16.5. The topological polar surface area (TPSA) is 48.1 Å². The van der Waals surface area contributed by atoms with Gasteiger partial charge >= 0.3 is 0 Å². The highest BCUT2D eigenvalue weighted by Gasteiger charge is 2.00. The number of allylic oxidation sites excluding steroid dienone is 1. The Morgan fingerprint density at radius 2 is 2.27 bits per heavy atom. The molecule has 1 aromatic heterocycles. The molecular weight excluding hydrogens is 188 g/mol. The molecule has 0 spiro atoms. The van der Waals surface area contributed by atoms with Crippen LogP contribution in [0.25, 0.3) is 0 Å². The molecule has 0 aliphatic heterocycles. The molecule has 0 saturated heterocycles. The van der Waals surface area contributed by atoms with Gasteiger partial charge < -0.3 is 10.5 Å². The quantitative estimate of drug-likeness (QED) is 0.750. The number of aromatic nitrogens is 1. The molecule has 0 aliphatic rings. The van der Waals surface area contributed by atoms with E-state index in [1.807, 2.05) is 31.2 Å². The van der Waals surface area contributed by atoms with Crippen LogP contribution in [0, 0.1) is 0 Å². The van der Waals surface area contributed by atoms with Gasteiger partial charge in [-0.15, -0.1) is 0 Å². The van der Waals surface area contributed by atoms with Gasteiger partial charge in [0, 0.05) is 18.3 Å². The Morgan fingerprint density at radius 3 is 2.87 bits per heavy atom. The smallest absolute Gasteiger partial charge is 0.214 e. The first kappa shape index (κ1) is 11.7. The molecule has 15 heavy (non-hydrogen) atoms. The van der Waals surface area contributed by atoms with Gasteiger partial charge in [-0.05, 0) is 25.0 Å². The van der Waals surface area contributed by atoms with Crippen LogP contribution < -0.4 is 10.5 Å². The summed E-state index contributed by atoms with van der Waals surface area (Å²) in [4.78, 5) is 4.36. The lowest BCUT2D eigenvalue weighted by molar-refractivity contribution is 0.346. The summed E-state index contributed by atoms with van der Waals surface area (Å²) < 4.78 is 5.48. The van der Waals surface area contributed by atoms with E-state index in [0.29, 0.717) is 19.0 Å². The molecule has 1 heterocycles. The zero-order valence-electron chi connectivity index (χ0n) is 9.36. The molecule has 3 nitrogen and oxygen atoms in total. The van der Waals surface area contributed by atoms with Crippen molar-refractivity contribution in [3.05, 3.63) is 35.5 Å². The molecule has 0 aliphatic carbocycles. The SMILES string of the molecule is C/C=C/COc1cc(CN)cc(CC)n1. The summed E-state index contributed by atoms with van der Waals surface area (Å²) in [5.41, 5.74) is 7.69. The van der Waals surface area contributed by atoms with E-state index in [2.05, 4.69) is 11.9 Å². The lowest BCUT2D eigenvalue weighted by Gasteiger charge is -2.06. The van der Waals surface area contributed by atoms with Crippen molar-refractivity contribution in [2.75, 3.05) is 6.61 Å². The second-order valence-electron chi connectivity index (χ2n) is 3.24. The van der Waals surface area contributed by atoms with Gasteiger partial charge in [0.05, 0.1) is 0 Å². The lowest BCUT2D eigenvalue weighted by Crippen LogP contribution is -2.03. The largest absolute Gasteiger partial charge is 0.473 e. The maximum Gasteiger partial charge on any atom is 0.214 e. The molecule has 0 fully saturated rings. The number of ether oxygens (including phenoxy) is 1. The van der Waals surface area contributed by atoms with Gasteiger partial charge in [-0.25, -0.2) is 4.98 Å². The fourth-order valence-electron chi connectivity index (χ4n) is 1.22. The first-order valence-electron chi connectivity index (χ1n) is 5.24. The number of hydrogen-bond donors (Lipinski definition) is 1. The minimum absolute atomic E-state index is 0.523. The molecule has 0 amide bonds. The minimum Gasteiger partial charge on any atom is -0.473 e. The third kappa shape index (κ3) is 3.72. The zero-order valence-corrected chi connectivity index (χ0v) is 9.36. The Kier molecular flexibility index (Phi) is 4.84. The van der Waals surface area contributed by atoms with E-state index < -0.39 is 0 Å². The van der Waals surface area contributed by atoms with Gasteiger partial charge in [-0.2, -0.15) is 0 Å². The summed E-state index contributed by atoms with van der Waals surface area (Å²) in [5.74, 6) is 0.660. The number of nitrogens with two attached hydrogens (primary N) is 1. The van der Waals surface area contributed by atoms with Gasteiger partial charge in [0.2, 0.25) is 5.88 Å². The Bertz CT molecular complexity index is 312. The van der Waals surface area contributed by atoms with Gasteiger partial charge in [-0.1, -0.05) is 19.1 Å². The molecule has 1 rings (SSSR count). The van der Waals surface area contributed by atoms with Crippen molar-refractivity contribution >= 4 is 0 Å². The predicted molar refractivity (Wildman–Crippen MR) is 61.8 cm³/mol. The summed E-state index contributed by atoms with van der Waals surface area (Å²) in [5, 5.41) is 0. The molecule has 0 aromatic carbocycles. The summed E-state index contributed by atoms with van der Waals surface area (Å²) in [6, 6.07) is 3.91. The van der Waals surface area contributed by atoms with Crippen LogP contribution in [0.3, 0.4) is 0 Å². The van der Waals surface area contributed by atoms with Crippen LogP contribution in [-0.4, -0.2) is 11.6 Å². The number of nitrogens with zero attached hydrogens (tertiary/aromatic N) is 1. The molecule has 2 N–H and O–H groups in total. The van der Waals surface area contributed by atoms with E-state index >= 15 is 0 Å². The Morgan fingerprint density at radius 1 is 1.47 bits per heavy atom. The molecule has 1 aromatic rings. The van der Waals surface area contributed by atoms with E-state index in [4.69, 9.17) is 10.5 Å². The Balaban J connectivity index is 2.77. The maximum atomic E-state index is 5.60. The molecule has 0 bridgehead atoms. The Labute approximate surface area is 91.0 Å². The minimum atomic E-state index is 0.523. The average Bonchev–Trinajstić information content (AvgIpc) is 2.29. The Hall–Kier alpha value is -1.35.